The van der Waals surface area contributed by atoms with E-state index in [2.05, 4.69) is 4.72 Å². The molecule has 0 aliphatic carbocycles. The molecule has 0 saturated heterocycles. The molecule has 136 valence electrons. The van der Waals surface area contributed by atoms with Gasteiger partial charge in [0.05, 0.1) is 9.79 Å². The summed E-state index contributed by atoms with van der Waals surface area (Å²) in [5, 5.41) is 0. The Morgan fingerprint density at radius 2 is 1.28 bits per heavy atom. The molecule has 6 nitrogen and oxygen atoms in total. The van der Waals surface area contributed by atoms with Crippen LogP contribution in [0.25, 0.3) is 0 Å². The van der Waals surface area contributed by atoms with Gasteiger partial charge in [-0.1, -0.05) is 31.5 Å². The molecule has 0 atom stereocenters. The maximum absolute atomic E-state index is 12.4. The largest absolute Gasteiger partial charge is 0.280 e. The third-order valence-corrected chi connectivity index (χ3v) is 7.24. The van der Waals surface area contributed by atoms with Crippen LogP contribution in [0.4, 0.5) is 5.69 Å². The maximum Gasteiger partial charge on any atom is 0.261 e. The Kier molecular flexibility index (Phi) is 5.87. The van der Waals surface area contributed by atoms with Crippen LogP contribution in [0.3, 0.4) is 0 Å². The lowest BCUT2D eigenvalue weighted by molar-refractivity contribution is 0.445. The van der Waals surface area contributed by atoms with Gasteiger partial charge in [-0.2, -0.15) is 4.31 Å². The van der Waals surface area contributed by atoms with Crippen molar-refractivity contribution in [1.82, 2.24) is 4.31 Å². The lowest BCUT2D eigenvalue weighted by Crippen LogP contribution is -2.30. The van der Waals surface area contributed by atoms with E-state index in [-0.39, 0.29) is 9.79 Å². The van der Waals surface area contributed by atoms with Gasteiger partial charge in [0.2, 0.25) is 10.0 Å². The molecule has 0 heterocycles. The van der Waals surface area contributed by atoms with Crippen LogP contribution in [0.5, 0.6) is 0 Å². The lowest BCUT2D eigenvalue weighted by Gasteiger charge is -2.18. The molecule has 0 spiro atoms. The Morgan fingerprint density at radius 3 is 1.76 bits per heavy atom. The molecule has 2 rings (SSSR count). The van der Waals surface area contributed by atoms with E-state index in [4.69, 9.17) is 0 Å². The highest BCUT2D eigenvalue weighted by molar-refractivity contribution is 7.92. The summed E-state index contributed by atoms with van der Waals surface area (Å²) in [5.74, 6) is 0. The first-order chi connectivity index (χ1) is 11.7. The van der Waals surface area contributed by atoms with Gasteiger partial charge in [-0.3, -0.25) is 4.72 Å². The smallest absolute Gasteiger partial charge is 0.261 e. The summed E-state index contributed by atoms with van der Waals surface area (Å²) in [5.41, 5.74) is 1.27. The molecule has 0 saturated carbocycles. The van der Waals surface area contributed by atoms with Crippen molar-refractivity contribution in [3.63, 3.8) is 0 Å². The third-order valence-electron chi connectivity index (χ3n) is 3.78. The normalized spacial score (nSPS) is 12.3. The Balaban J connectivity index is 2.24. The van der Waals surface area contributed by atoms with Gasteiger partial charge in [-0.25, -0.2) is 16.8 Å². The van der Waals surface area contributed by atoms with Gasteiger partial charge in [0.25, 0.3) is 10.0 Å². The minimum Gasteiger partial charge on any atom is -0.280 e. The fourth-order valence-electron chi connectivity index (χ4n) is 2.34. The molecule has 0 radical (unpaired) electrons. The van der Waals surface area contributed by atoms with Crippen molar-refractivity contribution in [1.29, 1.82) is 0 Å². The fourth-order valence-corrected chi connectivity index (χ4v) is 4.86. The maximum atomic E-state index is 12.4. The van der Waals surface area contributed by atoms with E-state index in [9.17, 15) is 16.8 Å². The summed E-state index contributed by atoms with van der Waals surface area (Å²) in [6, 6.07) is 12.2. The van der Waals surface area contributed by atoms with E-state index in [1.165, 1.54) is 40.7 Å². The predicted octanol–water partition coefficient (Wildman–Crippen LogP) is 2.83. The zero-order valence-electron chi connectivity index (χ0n) is 14.4. The van der Waals surface area contributed by atoms with Crippen molar-refractivity contribution >= 4 is 25.7 Å². The quantitative estimate of drug-likeness (QED) is 0.798. The molecule has 1 N–H and O–H groups in total. The number of sulfonamides is 2. The van der Waals surface area contributed by atoms with Gasteiger partial charge in [0.15, 0.2) is 0 Å². The van der Waals surface area contributed by atoms with Crippen LogP contribution in [0.2, 0.25) is 0 Å². The van der Waals surface area contributed by atoms with Gasteiger partial charge in [-0.05, 0) is 43.3 Å². The van der Waals surface area contributed by atoms with Gasteiger partial charge < -0.3 is 0 Å². The first-order valence-electron chi connectivity index (χ1n) is 7.90. The minimum atomic E-state index is -3.71. The van der Waals surface area contributed by atoms with Crippen LogP contribution >= 0.6 is 0 Å². The van der Waals surface area contributed by atoms with Crippen molar-refractivity contribution < 1.29 is 16.8 Å². The lowest BCUT2D eigenvalue weighted by atomic mass is 10.2. The summed E-state index contributed by atoms with van der Waals surface area (Å²) >= 11 is 0. The molecule has 0 aromatic heterocycles. The number of hydrogen-bond acceptors (Lipinski definition) is 4. The first-order valence-corrected chi connectivity index (χ1v) is 10.8. The molecule has 25 heavy (non-hydrogen) atoms. The highest BCUT2D eigenvalue weighted by atomic mass is 32.2. The molecule has 0 bridgehead atoms. The van der Waals surface area contributed by atoms with Crippen molar-refractivity contribution in [3.05, 3.63) is 54.1 Å². The van der Waals surface area contributed by atoms with E-state index >= 15 is 0 Å². The second-order valence-corrected chi connectivity index (χ2v) is 9.15. The molecule has 0 fully saturated rings. The van der Waals surface area contributed by atoms with Crippen LogP contribution in [0.15, 0.2) is 58.3 Å². The zero-order chi connectivity index (χ0) is 18.7. The molecule has 0 amide bonds. The molecule has 0 unspecified atom stereocenters. The summed E-state index contributed by atoms with van der Waals surface area (Å²) in [6.45, 7) is 6.16. The molecule has 2 aromatic carbocycles. The molecule has 8 heteroatoms. The van der Waals surface area contributed by atoms with Crippen LogP contribution in [-0.2, 0) is 20.0 Å². The predicted molar refractivity (Wildman–Crippen MR) is 98.5 cm³/mol. The van der Waals surface area contributed by atoms with Crippen molar-refractivity contribution in [2.24, 2.45) is 0 Å². The number of nitrogens with one attached hydrogen (secondary N) is 1. The summed E-state index contributed by atoms with van der Waals surface area (Å²) in [6.07, 6.45) is 0. The van der Waals surface area contributed by atoms with E-state index in [1.54, 1.807) is 26.0 Å². The zero-order valence-corrected chi connectivity index (χ0v) is 16.1. The minimum absolute atomic E-state index is 0.134. The van der Waals surface area contributed by atoms with Gasteiger partial charge in [0.1, 0.15) is 0 Å². The van der Waals surface area contributed by atoms with Crippen LogP contribution in [-0.4, -0.2) is 34.2 Å². The first kappa shape index (κ1) is 19.4. The standard InChI is InChI=1S/C17H22N2O4S2/c1-4-19(5-2)25(22,23)17-12-8-15(9-13-17)18-24(20,21)16-10-6-14(3)7-11-16/h6-13,18H,4-5H2,1-3H3. The molecular weight excluding hydrogens is 360 g/mol. The molecule has 0 aliphatic rings. The molecular formula is C17H22N2O4S2. The van der Waals surface area contributed by atoms with Crippen LogP contribution in [0.1, 0.15) is 19.4 Å². The monoisotopic (exact) mass is 382 g/mol. The molecule has 0 aliphatic heterocycles. The SMILES string of the molecule is CCN(CC)S(=O)(=O)c1ccc(NS(=O)(=O)c2ccc(C)cc2)cc1. The number of rotatable bonds is 7. The average Bonchev–Trinajstić information content (AvgIpc) is 2.56. The van der Waals surface area contributed by atoms with Crippen LogP contribution in [0, 0.1) is 6.92 Å². The second kappa shape index (κ2) is 7.55. The Labute approximate surface area is 149 Å². The van der Waals surface area contributed by atoms with Gasteiger partial charge >= 0.3 is 0 Å². The van der Waals surface area contributed by atoms with E-state index < -0.39 is 20.0 Å². The van der Waals surface area contributed by atoms with E-state index in [1.807, 2.05) is 6.92 Å². The number of hydrogen-bond donors (Lipinski definition) is 1. The second-order valence-electron chi connectivity index (χ2n) is 5.53. The van der Waals surface area contributed by atoms with Gasteiger partial charge in [-0.15, -0.1) is 0 Å². The Morgan fingerprint density at radius 1 is 0.800 bits per heavy atom. The summed E-state index contributed by atoms with van der Waals surface area (Å²) in [7, 11) is -7.28. The topological polar surface area (TPSA) is 83.6 Å². The Bertz CT molecular complexity index is 916. The van der Waals surface area contributed by atoms with Crippen molar-refractivity contribution in [2.75, 3.05) is 17.8 Å². The van der Waals surface area contributed by atoms with E-state index in [0.717, 1.165) is 5.56 Å². The number of benzene rings is 2. The van der Waals surface area contributed by atoms with Gasteiger partial charge in [0, 0.05) is 18.8 Å². The number of aryl methyl sites for hydroxylation is 1. The fraction of sp³-hybridized carbons (Fsp3) is 0.294. The van der Waals surface area contributed by atoms with Crippen molar-refractivity contribution in [3.8, 4) is 0 Å². The Hall–Kier alpha value is -1.90. The highest BCUT2D eigenvalue weighted by Crippen LogP contribution is 2.21. The highest BCUT2D eigenvalue weighted by Gasteiger charge is 2.21. The van der Waals surface area contributed by atoms with Crippen molar-refractivity contribution in [2.45, 2.75) is 30.6 Å². The summed E-state index contributed by atoms with van der Waals surface area (Å²) in [4.78, 5) is 0.285. The molecule has 2 aromatic rings. The van der Waals surface area contributed by atoms with Crippen LogP contribution < -0.4 is 4.72 Å². The number of anilines is 1. The average molecular weight is 383 g/mol. The van der Waals surface area contributed by atoms with E-state index in [0.29, 0.717) is 18.8 Å². The summed E-state index contributed by atoms with van der Waals surface area (Å²) < 4.78 is 53.4. The third kappa shape index (κ3) is 4.39. The number of nitrogens with zero attached hydrogens (tertiary/aromatic N) is 1.